The summed E-state index contributed by atoms with van der Waals surface area (Å²) in [5.74, 6) is -0.762. The maximum Gasteiger partial charge on any atom is 0.274 e. The molecule has 3 N–H and O–H groups in total. The van der Waals surface area contributed by atoms with Gasteiger partial charge in [-0.3, -0.25) is 14.0 Å². The van der Waals surface area contributed by atoms with Crippen molar-refractivity contribution in [3.63, 3.8) is 0 Å². The molecule has 2 heterocycles. The lowest BCUT2D eigenvalue weighted by Gasteiger charge is -2.07. The highest BCUT2D eigenvalue weighted by Gasteiger charge is 2.16. The quantitative estimate of drug-likeness (QED) is 0.778. The first-order valence-electron chi connectivity index (χ1n) is 7.12. The number of carbonyl (C=O) groups excluding carboxylic acids is 2. The van der Waals surface area contributed by atoms with Crippen LogP contribution in [-0.4, -0.2) is 21.2 Å². The van der Waals surface area contributed by atoms with Crippen LogP contribution in [0, 0.1) is 13.8 Å². The van der Waals surface area contributed by atoms with Crippen molar-refractivity contribution in [3.8, 4) is 0 Å². The van der Waals surface area contributed by atoms with Crippen LogP contribution >= 0.6 is 0 Å². The van der Waals surface area contributed by atoms with E-state index in [4.69, 9.17) is 5.73 Å². The zero-order valence-corrected chi connectivity index (χ0v) is 12.8. The SMILES string of the molecule is Cc1ccn2c(C(=O)Nc3ccc(C(N)=O)cc3)c(C)nc2c1. The van der Waals surface area contributed by atoms with E-state index in [0.717, 1.165) is 11.2 Å². The second-order valence-corrected chi connectivity index (χ2v) is 5.37. The fourth-order valence-electron chi connectivity index (χ4n) is 2.45. The number of primary amides is 1. The van der Waals surface area contributed by atoms with Gasteiger partial charge in [-0.05, 0) is 55.8 Å². The summed E-state index contributed by atoms with van der Waals surface area (Å²) in [5, 5.41) is 2.81. The fraction of sp³-hybridized carbons (Fsp3) is 0.118. The van der Waals surface area contributed by atoms with Gasteiger partial charge in [0.05, 0.1) is 5.69 Å². The van der Waals surface area contributed by atoms with Crippen LogP contribution in [-0.2, 0) is 0 Å². The van der Waals surface area contributed by atoms with Gasteiger partial charge in [-0.2, -0.15) is 0 Å². The molecular formula is C17H16N4O2. The summed E-state index contributed by atoms with van der Waals surface area (Å²) in [6.07, 6.45) is 1.83. The van der Waals surface area contributed by atoms with E-state index in [0.29, 0.717) is 22.6 Å². The topological polar surface area (TPSA) is 89.5 Å². The number of nitrogens with one attached hydrogen (secondary N) is 1. The Balaban J connectivity index is 1.91. The smallest absolute Gasteiger partial charge is 0.274 e. The van der Waals surface area contributed by atoms with Crippen LogP contribution in [0.4, 0.5) is 5.69 Å². The average Bonchev–Trinajstić information content (AvgIpc) is 2.82. The molecule has 0 spiro atoms. The van der Waals surface area contributed by atoms with Crippen molar-refractivity contribution in [2.24, 2.45) is 5.73 Å². The summed E-state index contributed by atoms with van der Waals surface area (Å²) in [5.41, 5.74) is 9.13. The Labute approximate surface area is 132 Å². The number of rotatable bonds is 3. The molecule has 3 aromatic rings. The molecule has 3 rings (SSSR count). The molecule has 23 heavy (non-hydrogen) atoms. The van der Waals surface area contributed by atoms with Gasteiger partial charge >= 0.3 is 0 Å². The van der Waals surface area contributed by atoms with Crippen molar-refractivity contribution >= 4 is 23.1 Å². The van der Waals surface area contributed by atoms with Crippen molar-refractivity contribution < 1.29 is 9.59 Å². The number of carbonyl (C=O) groups is 2. The van der Waals surface area contributed by atoms with Crippen LogP contribution in [0.15, 0.2) is 42.6 Å². The molecule has 0 saturated carbocycles. The van der Waals surface area contributed by atoms with Gasteiger partial charge in [0.25, 0.3) is 5.91 Å². The lowest BCUT2D eigenvalue weighted by molar-refractivity contribution is 0.0997. The average molecular weight is 308 g/mol. The third-order valence-electron chi connectivity index (χ3n) is 3.60. The number of pyridine rings is 1. The standard InChI is InChI=1S/C17H16N4O2/c1-10-7-8-21-14(9-10)19-11(2)15(21)17(23)20-13-5-3-12(4-6-13)16(18)22/h3-9H,1-2H3,(H2,18,22)(H,20,23). The van der Waals surface area contributed by atoms with E-state index in [1.165, 1.54) is 0 Å². The molecule has 2 aromatic heterocycles. The zero-order chi connectivity index (χ0) is 16.6. The molecule has 6 heteroatoms. The number of benzene rings is 1. The van der Waals surface area contributed by atoms with Crippen molar-refractivity contribution in [3.05, 3.63) is 65.1 Å². The second kappa shape index (κ2) is 5.57. The van der Waals surface area contributed by atoms with Crippen LogP contribution in [0.3, 0.4) is 0 Å². The minimum atomic E-state index is -0.504. The van der Waals surface area contributed by atoms with E-state index in [-0.39, 0.29) is 5.91 Å². The van der Waals surface area contributed by atoms with E-state index in [1.807, 2.05) is 25.3 Å². The van der Waals surface area contributed by atoms with Gasteiger partial charge in [0.2, 0.25) is 5.91 Å². The molecule has 0 aliphatic heterocycles. The van der Waals surface area contributed by atoms with Crippen LogP contribution in [0.2, 0.25) is 0 Å². The summed E-state index contributed by atoms with van der Waals surface area (Å²) in [4.78, 5) is 28.0. The number of aryl methyl sites for hydroxylation is 2. The number of amides is 2. The largest absolute Gasteiger partial charge is 0.366 e. The lowest BCUT2D eigenvalue weighted by Crippen LogP contribution is -2.16. The van der Waals surface area contributed by atoms with E-state index in [2.05, 4.69) is 10.3 Å². The number of hydrogen-bond donors (Lipinski definition) is 2. The minimum absolute atomic E-state index is 0.259. The predicted molar refractivity (Wildman–Crippen MR) is 87.6 cm³/mol. The Morgan fingerprint density at radius 1 is 1.13 bits per heavy atom. The molecule has 2 amide bonds. The lowest BCUT2D eigenvalue weighted by atomic mass is 10.2. The number of imidazole rings is 1. The molecule has 0 atom stereocenters. The highest BCUT2D eigenvalue weighted by Crippen LogP contribution is 2.16. The van der Waals surface area contributed by atoms with Crippen LogP contribution in [0.1, 0.15) is 32.1 Å². The van der Waals surface area contributed by atoms with Crippen molar-refractivity contribution in [2.45, 2.75) is 13.8 Å². The Bertz CT molecular complexity index is 910. The van der Waals surface area contributed by atoms with Crippen molar-refractivity contribution in [1.29, 1.82) is 0 Å². The van der Waals surface area contributed by atoms with Gasteiger partial charge in [-0.15, -0.1) is 0 Å². The monoisotopic (exact) mass is 308 g/mol. The Hall–Kier alpha value is -3.15. The minimum Gasteiger partial charge on any atom is -0.366 e. The van der Waals surface area contributed by atoms with E-state index >= 15 is 0 Å². The van der Waals surface area contributed by atoms with Crippen molar-refractivity contribution in [1.82, 2.24) is 9.38 Å². The van der Waals surface area contributed by atoms with Crippen molar-refractivity contribution in [2.75, 3.05) is 5.32 Å². The molecular weight excluding hydrogens is 292 g/mol. The third-order valence-corrected chi connectivity index (χ3v) is 3.60. The number of fused-ring (bicyclic) bond motifs is 1. The molecule has 0 unspecified atom stereocenters. The third kappa shape index (κ3) is 2.78. The maximum atomic E-state index is 12.6. The molecule has 0 saturated heterocycles. The first-order chi connectivity index (χ1) is 11.0. The molecule has 0 radical (unpaired) electrons. The van der Waals surface area contributed by atoms with Gasteiger partial charge in [-0.1, -0.05) is 0 Å². The normalized spacial score (nSPS) is 10.7. The zero-order valence-electron chi connectivity index (χ0n) is 12.8. The first-order valence-corrected chi connectivity index (χ1v) is 7.12. The summed E-state index contributed by atoms with van der Waals surface area (Å²) in [7, 11) is 0. The number of aromatic nitrogens is 2. The van der Waals surface area contributed by atoms with Gasteiger partial charge in [0.15, 0.2) is 0 Å². The molecule has 0 bridgehead atoms. The molecule has 0 fully saturated rings. The molecule has 116 valence electrons. The summed E-state index contributed by atoms with van der Waals surface area (Å²) in [6.45, 7) is 3.78. The van der Waals surface area contributed by atoms with Gasteiger partial charge < -0.3 is 11.1 Å². The Kier molecular flexibility index (Phi) is 3.57. The van der Waals surface area contributed by atoms with E-state index in [1.54, 1.807) is 35.6 Å². The Morgan fingerprint density at radius 3 is 2.48 bits per heavy atom. The van der Waals surface area contributed by atoms with Crippen LogP contribution in [0.5, 0.6) is 0 Å². The maximum absolute atomic E-state index is 12.6. The predicted octanol–water partition coefficient (Wildman–Crippen LogP) is 2.30. The van der Waals surface area contributed by atoms with Crippen LogP contribution in [0.25, 0.3) is 5.65 Å². The van der Waals surface area contributed by atoms with E-state index < -0.39 is 5.91 Å². The van der Waals surface area contributed by atoms with E-state index in [9.17, 15) is 9.59 Å². The summed E-state index contributed by atoms with van der Waals surface area (Å²) >= 11 is 0. The number of nitrogens with two attached hydrogens (primary N) is 1. The molecule has 0 aliphatic rings. The molecule has 1 aromatic carbocycles. The fourth-order valence-corrected chi connectivity index (χ4v) is 2.45. The molecule has 0 aliphatic carbocycles. The highest BCUT2D eigenvalue weighted by molar-refractivity contribution is 6.04. The number of nitrogens with zero attached hydrogens (tertiary/aromatic N) is 2. The summed E-state index contributed by atoms with van der Waals surface area (Å²) < 4.78 is 1.76. The first kappa shape index (κ1) is 14.8. The molecule has 6 nitrogen and oxygen atoms in total. The summed E-state index contributed by atoms with van der Waals surface area (Å²) in [6, 6.07) is 10.3. The Morgan fingerprint density at radius 2 is 1.83 bits per heavy atom. The van der Waals surface area contributed by atoms with Gasteiger partial charge in [0.1, 0.15) is 11.3 Å². The van der Waals surface area contributed by atoms with Gasteiger partial charge in [-0.25, -0.2) is 4.98 Å². The van der Waals surface area contributed by atoms with Crippen LogP contribution < -0.4 is 11.1 Å². The number of anilines is 1. The second-order valence-electron chi connectivity index (χ2n) is 5.37. The number of hydrogen-bond acceptors (Lipinski definition) is 3. The highest BCUT2D eigenvalue weighted by atomic mass is 16.2. The van der Waals surface area contributed by atoms with Gasteiger partial charge in [0, 0.05) is 17.4 Å².